The minimum Gasteiger partial charge on any atom is -0.497 e. The maximum Gasteiger partial charge on any atom is 0.251 e. The molecule has 6 heteroatoms. The summed E-state index contributed by atoms with van der Waals surface area (Å²) < 4.78 is 18.5. The highest BCUT2D eigenvalue weighted by Gasteiger charge is 2.09. The molecule has 0 fully saturated rings. The van der Waals surface area contributed by atoms with E-state index in [0.717, 1.165) is 0 Å². The third kappa shape index (κ3) is 4.55. The maximum absolute atomic E-state index is 13.4. The molecule has 2 aromatic rings. The summed E-state index contributed by atoms with van der Waals surface area (Å²) in [5.74, 6) is -0.472. The monoisotopic (exact) mass is 330 g/mol. The lowest BCUT2D eigenvalue weighted by molar-refractivity contribution is 0.0927. The number of carbonyl (C=O) groups excluding carboxylic acids is 2. The van der Waals surface area contributed by atoms with E-state index >= 15 is 0 Å². The molecule has 126 valence electrons. The molecular weight excluding hydrogens is 311 g/mol. The molecule has 0 saturated heterocycles. The van der Waals surface area contributed by atoms with Gasteiger partial charge in [0, 0.05) is 24.2 Å². The van der Waals surface area contributed by atoms with Gasteiger partial charge < -0.3 is 15.4 Å². The molecule has 5 nitrogen and oxygen atoms in total. The second kappa shape index (κ2) is 8.10. The predicted molar refractivity (Wildman–Crippen MR) is 88.8 cm³/mol. The molecule has 0 aliphatic rings. The van der Waals surface area contributed by atoms with Gasteiger partial charge in [0.05, 0.1) is 7.11 Å². The van der Waals surface area contributed by atoms with Gasteiger partial charge in [0.15, 0.2) is 0 Å². The molecule has 24 heavy (non-hydrogen) atoms. The summed E-state index contributed by atoms with van der Waals surface area (Å²) >= 11 is 0. The minimum atomic E-state index is -0.422. The Hall–Kier alpha value is -2.89. The number of hydrogen-bond donors (Lipinski definition) is 2. The lowest BCUT2D eigenvalue weighted by Crippen LogP contribution is -2.34. The zero-order valence-electron chi connectivity index (χ0n) is 13.6. The summed E-state index contributed by atoms with van der Waals surface area (Å²) in [6.07, 6.45) is 0. The average Bonchev–Trinajstić information content (AvgIpc) is 2.60. The topological polar surface area (TPSA) is 67.4 Å². The van der Waals surface area contributed by atoms with Crippen molar-refractivity contribution in [2.75, 3.05) is 20.2 Å². The highest BCUT2D eigenvalue weighted by Crippen LogP contribution is 2.12. The Labute approximate surface area is 139 Å². The molecule has 0 heterocycles. The van der Waals surface area contributed by atoms with Crippen molar-refractivity contribution in [3.8, 4) is 5.75 Å². The van der Waals surface area contributed by atoms with Crippen LogP contribution in [0.2, 0.25) is 0 Å². The molecule has 0 radical (unpaired) electrons. The van der Waals surface area contributed by atoms with E-state index in [2.05, 4.69) is 10.6 Å². The molecule has 2 rings (SSSR count). The second-order valence-corrected chi connectivity index (χ2v) is 5.21. The third-order valence-corrected chi connectivity index (χ3v) is 3.46. The van der Waals surface area contributed by atoms with E-state index in [0.29, 0.717) is 16.9 Å². The number of carbonyl (C=O) groups is 2. The highest BCUT2D eigenvalue weighted by molar-refractivity contribution is 5.95. The molecule has 0 aromatic heterocycles. The fraction of sp³-hybridized carbons (Fsp3) is 0.222. The fourth-order valence-electron chi connectivity index (χ4n) is 2.05. The smallest absolute Gasteiger partial charge is 0.251 e. The summed E-state index contributed by atoms with van der Waals surface area (Å²) in [5, 5.41) is 5.32. The van der Waals surface area contributed by atoms with Crippen LogP contribution in [0.25, 0.3) is 0 Å². The van der Waals surface area contributed by atoms with E-state index in [1.54, 1.807) is 43.3 Å². The van der Waals surface area contributed by atoms with Gasteiger partial charge in [-0.25, -0.2) is 4.39 Å². The molecular formula is C18H19FN2O3. The Morgan fingerprint density at radius 2 is 1.62 bits per heavy atom. The molecule has 0 saturated carbocycles. The first-order valence-electron chi connectivity index (χ1n) is 7.48. The molecule has 0 aliphatic carbocycles. The second-order valence-electron chi connectivity index (χ2n) is 5.21. The molecule has 0 atom stereocenters. The number of aryl methyl sites for hydroxylation is 1. The molecule has 2 N–H and O–H groups in total. The van der Waals surface area contributed by atoms with Crippen LogP contribution in [0.15, 0.2) is 42.5 Å². The van der Waals surface area contributed by atoms with E-state index in [-0.39, 0.29) is 30.5 Å². The van der Waals surface area contributed by atoms with Gasteiger partial charge in [-0.1, -0.05) is 12.1 Å². The molecule has 0 bridgehead atoms. The number of rotatable bonds is 6. The Balaban J connectivity index is 1.80. The Morgan fingerprint density at radius 1 is 1.00 bits per heavy atom. The minimum absolute atomic E-state index is 0.240. The first-order valence-corrected chi connectivity index (χ1v) is 7.48. The van der Waals surface area contributed by atoms with Gasteiger partial charge in [-0.3, -0.25) is 9.59 Å². The van der Waals surface area contributed by atoms with Crippen LogP contribution in [0.3, 0.4) is 0 Å². The van der Waals surface area contributed by atoms with Gasteiger partial charge in [-0.15, -0.1) is 0 Å². The zero-order chi connectivity index (χ0) is 17.5. The van der Waals surface area contributed by atoms with Crippen LogP contribution in [-0.4, -0.2) is 32.0 Å². The summed E-state index contributed by atoms with van der Waals surface area (Å²) in [7, 11) is 1.53. The normalized spacial score (nSPS) is 10.1. The quantitative estimate of drug-likeness (QED) is 0.799. The van der Waals surface area contributed by atoms with Crippen LogP contribution in [0.5, 0.6) is 5.75 Å². The van der Waals surface area contributed by atoms with Crippen LogP contribution >= 0.6 is 0 Å². The van der Waals surface area contributed by atoms with E-state index < -0.39 is 5.82 Å². The molecule has 0 aliphatic heterocycles. The van der Waals surface area contributed by atoms with Crippen molar-refractivity contribution in [1.29, 1.82) is 0 Å². The maximum atomic E-state index is 13.4. The lowest BCUT2D eigenvalue weighted by atomic mass is 10.1. The summed E-state index contributed by atoms with van der Waals surface area (Å²) in [5.41, 5.74) is 1.20. The predicted octanol–water partition coefficient (Wildman–Crippen LogP) is 2.30. The lowest BCUT2D eigenvalue weighted by Gasteiger charge is -2.08. The van der Waals surface area contributed by atoms with Gasteiger partial charge in [0.1, 0.15) is 11.6 Å². The van der Waals surface area contributed by atoms with Gasteiger partial charge in [0.2, 0.25) is 0 Å². The van der Waals surface area contributed by atoms with E-state index in [4.69, 9.17) is 4.74 Å². The number of hydrogen-bond acceptors (Lipinski definition) is 3. The van der Waals surface area contributed by atoms with Gasteiger partial charge in [-0.2, -0.15) is 0 Å². The number of methoxy groups -OCH3 is 1. The summed E-state index contributed by atoms with van der Waals surface area (Å²) in [6, 6.07) is 11.1. The summed E-state index contributed by atoms with van der Waals surface area (Å²) in [6.45, 7) is 2.13. The fourth-order valence-corrected chi connectivity index (χ4v) is 2.05. The van der Waals surface area contributed by atoms with Gasteiger partial charge >= 0.3 is 0 Å². The Morgan fingerprint density at radius 3 is 2.21 bits per heavy atom. The van der Waals surface area contributed by atoms with Crippen molar-refractivity contribution >= 4 is 11.8 Å². The Bertz CT molecular complexity index is 747. The summed E-state index contributed by atoms with van der Waals surface area (Å²) in [4.78, 5) is 23.9. The molecule has 0 unspecified atom stereocenters. The molecule has 0 spiro atoms. The van der Waals surface area contributed by atoms with Crippen molar-refractivity contribution in [3.63, 3.8) is 0 Å². The van der Waals surface area contributed by atoms with Crippen molar-refractivity contribution in [1.82, 2.24) is 10.6 Å². The largest absolute Gasteiger partial charge is 0.497 e. The van der Waals surface area contributed by atoms with Crippen molar-refractivity contribution < 1.29 is 18.7 Å². The van der Waals surface area contributed by atoms with Crippen LogP contribution in [0.1, 0.15) is 26.3 Å². The standard InChI is InChI=1S/C18H19FN2O3/c1-12-6-7-14(11-16(12)19)18(23)21-9-8-20-17(22)13-4-3-5-15(10-13)24-2/h3-7,10-11H,8-9H2,1-2H3,(H,20,22)(H,21,23). The first kappa shape index (κ1) is 17.5. The van der Waals surface area contributed by atoms with Crippen molar-refractivity contribution in [2.24, 2.45) is 0 Å². The van der Waals surface area contributed by atoms with E-state index in [1.807, 2.05) is 0 Å². The highest BCUT2D eigenvalue weighted by atomic mass is 19.1. The number of amides is 2. The zero-order valence-corrected chi connectivity index (χ0v) is 13.6. The van der Waals surface area contributed by atoms with Crippen LogP contribution in [-0.2, 0) is 0 Å². The first-order chi connectivity index (χ1) is 11.5. The average molecular weight is 330 g/mol. The van der Waals surface area contributed by atoms with Crippen molar-refractivity contribution in [3.05, 3.63) is 65.0 Å². The third-order valence-electron chi connectivity index (χ3n) is 3.46. The van der Waals surface area contributed by atoms with Crippen LogP contribution in [0, 0.1) is 12.7 Å². The number of halogens is 1. The SMILES string of the molecule is COc1cccc(C(=O)NCCNC(=O)c2ccc(C)c(F)c2)c1. The van der Waals surface area contributed by atoms with Gasteiger partial charge in [-0.05, 0) is 42.8 Å². The van der Waals surface area contributed by atoms with Crippen LogP contribution in [0.4, 0.5) is 4.39 Å². The van der Waals surface area contributed by atoms with Crippen LogP contribution < -0.4 is 15.4 Å². The molecule has 2 amide bonds. The van der Waals surface area contributed by atoms with Gasteiger partial charge in [0.25, 0.3) is 11.8 Å². The van der Waals surface area contributed by atoms with E-state index in [9.17, 15) is 14.0 Å². The van der Waals surface area contributed by atoms with E-state index in [1.165, 1.54) is 13.2 Å². The number of nitrogens with one attached hydrogen (secondary N) is 2. The number of ether oxygens (including phenoxy) is 1. The van der Waals surface area contributed by atoms with Crippen molar-refractivity contribution in [2.45, 2.75) is 6.92 Å². The Kier molecular flexibility index (Phi) is 5.89. The number of benzene rings is 2. The molecule has 2 aromatic carbocycles.